The summed E-state index contributed by atoms with van der Waals surface area (Å²) >= 11 is 0. The predicted octanol–water partition coefficient (Wildman–Crippen LogP) is 1.62. The van der Waals surface area contributed by atoms with Gasteiger partial charge in [0.25, 0.3) is 0 Å². The van der Waals surface area contributed by atoms with Crippen LogP contribution in [0.15, 0.2) is 18.3 Å². The highest BCUT2D eigenvalue weighted by atomic mass is 32.2. The van der Waals surface area contributed by atoms with E-state index in [0.717, 1.165) is 5.82 Å². The van der Waals surface area contributed by atoms with E-state index in [-0.39, 0.29) is 29.6 Å². The van der Waals surface area contributed by atoms with Gasteiger partial charge in [0.05, 0.1) is 23.4 Å². The minimum atomic E-state index is -2.93. The molecule has 0 aromatic carbocycles. The average Bonchev–Trinajstić information content (AvgIpc) is 2.80. The van der Waals surface area contributed by atoms with Gasteiger partial charge in [-0.1, -0.05) is 0 Å². The Morgan fingerprint density at radius 1 is 1.43 bits per heavy atom. The van der Waals surface area contributed by atoms with Crippen molar-refractivity contribution in [3.63, 3.8) is 0 Å². The Kier molecular flexibility index (Phi) is 5.46. The number of rotatable bonds is 5. The zero-order chi connectivity index (χ0) is 17.0. The molecule has 1 aromatic rings. The molecule has 1 aromatic heterocycles. The van der Waals surface area contributed by atoms with Gasteiger partial charge in [0.2, 0.25) is 0 Å². The molecule has 1 fully saturated rings. The van der Waals surface area contributed by atoms with Crippen LogP contribution in [0.3, 0.4) is 0 Å². The Morgan fingerprint density at radius 3 is 2.65 bits per heavy atom. The number of nitrogens with one attached hydrogen (secondary N) is 2. The normalized spacial score (nSPS) is 19.6. The second-order valence-electron chi connectivity index (χ2n) is 6.00. The number of urea groups is 1. The number of anilines is 2. The zero-order valence-corrected chi connectivity index (χ0v) is 14.6. The fourth-order valence-corrected chi connectivity index (χ4v) is 4.42. The minimum absolute atomic E-state index is 0.0273. The van der Waals surface area contributed by atoms with Gasteiger partial charge in [-0.05, 0) is 39.3 Å². The van der Waals surface area contributed by atoms with Gasteiger partial charge in [0.15, 0.2) is 9.84 Å². The van der Waals surface area contributed by atoms with Crippen molar-refractivity contribution in [3.05, 3.63) is 18.3 Å². The monoisotopic (exact) mass is 340 g/mol. The molecule has 7 nitrogen and oxygen atoms in total. The highest BCUT2D eigenvalue weighted by molar-refractivity contribution is 7.91. The molecule has 0 aliphatic carbocycles. The first-order valence-corrected chi connectivity index (χ1v) is 9.63. The number of aromatic nitrogens is 1. The molecule has 1 atom stereocenters. The van der Waals surface area contributed by atoms with Gasteiger partial charge in [0.1, 0.15) is 5.82 Å². The molecule has 2 heterocycles. The average molecular weight is 340 g/mol. The summed E-state index contributed by atoms with van der Waals surface area (Å²) in [5.41, 5.74) is 0.599. The van der Waals surface area contributed by atoms with Crippen LogP contribution in [0.1, 0.15) is 27.2 Å². The maximum atomic E-state index is 11.7. The molecule has 0 saturated carbocycles. The molecular formula is C15H24N4O3S. The second kappa shape index (κ2) is 7.16. The molecule has 1 aliphatic rings. The van der Waals surface area contributed by atoms with E-state index in [9.17, 15) is 13.2 Å². The number of nitrogens with zero attached hydrogens (tertiary/aromatic N) is 2. The van der Waals surface area contributed by atoms with Crippen molar-refractivity contribution in [2.45, 2.75) is 39.3 Å². The molecule has 1 saturated heterocycles. The Morgan fingerprint density at radius 2 is 2.17 bits per heavy atom. The molecule has 0 radical (unpaired) electrons. The van der Waals surface area contributed by atoms with E-state index in [1.54, 1.807) is 18.3 Å². The lowest BCUT2D eigenvalue weighted by atomic mass is 10.2. The number of carbonyl (C=O) groups excluding carboxylic acids is 1. The summed E-state index contributed by atoms with van der Waals surface area (Å²) in [4.78, 5) is 18.0. The third-order valence-electron chi connectivity index (χ3n) is 3.71. The van der Waals surface area contributed by atoms with Gasteiger partial charge in [0, 0.05) is 18.6 Å². The van der Waals surface area contributed by atoms with Crippen LogP contribution in [-0.4, -0.2) is 49.6 Å². The fraction of sp³-hybridized carbons (Fsp3) is 0.600. The van der Waals surface area contributed by atoms with Gasteiger partial charge in [-0.2, -0.15) is 0 Å². The first-order valence-electron chi connectivity index (χ1n) is 7.81. The molecule has 2 rings (SSSR count). The summed E-state index contributed by atoms with van der Waals surface area (Å²) in [6.45, 7) is 6.44. The van der Waals surface area contributed by atoms with Crippen LogP contribution in [-0.2, 0) is 9.84 Å². The van der Waals surface area contributed by atoms with Gasteiger partial charge in [-0.3, -0.25) is 0 Å². The van der Waals surface area contributed by atoms with Gasteiger partial charge in [-0.25, -0.2) is 18.2 Å². The minimum Gasteiger partial charge on any atom is -0.353 e. The number of carbonyl (C=O) groups is 1. The van der Waals surface area contributed by atoms with Crippen molar-refractivity contribution in [1.82, 2.24) is 10.3 Å². The van der Waals surface area contributed by atoms with Crippen LogP contribution in [0.5, 0.6) is 0 Å². The molecule has 1 aliphatic heterocycles. The summed E-state index contributed by atoms with van der Waals surface area (Å²) in [6.07, 6.45) is 2.22. The van der Waals surface area contributed by atoms with Crippen molar-refractivity contribution in [3.8, 4) is 0 Å². The Hall–Kier alpha value is -1.83. The summed E-state index contributed by atoms with van der Waals surface area (Å²) in [5.74, 6) is 1.15. The molecule has 1 unspecified atom stereocenters. The Labute approximate surface area is 137 Å². The number of hydrogen-bond acceptors (Lipinski definition) is 5. The molecule has 0 spiro atoms. The SMILES string of the molecule is CCN(c1ccc(NC(=O)NC(C)C)cn1)C1CCS(=O)(=O)C1. The molecule has 128 valence electrons. The van der Waals surface area contributed by atoms with Gasteiger partial charge in [-0.15, -0.1) is 0 Å². The number of pyridine rings is 1. The molecule has 2 N–H and O–H groups in total. The summed E-state index contributed by atoms with van der Waals surface area (Å²) in [5, 5.41) is 5.45. The number of hydrogen-bond donors (Lipinski definition) is 2. The van der Waals surface area contributed by atoms with Crippen molar-refractivity contribution in [1.29, 1.82) is 0 Å². The van der Waals surface area contributed by atoms with E-state index in [1.165, 1.54) is 0 Å². The van der Waals surface area contributed by atoms with Crippen LogP contribution >= 0.6 is 0 Å². The molecule has 0 bridgehead atoms. The second-order valence-corrected chi connectivity index (χ2v) is 8.23. The van der Waals surface area contributed by atoms with E-state index in [1.807, 2.05) is 25.7 Å². The van der Waals surface area contributed by atoms with Crippen LogP contribution in [0, 0.1) is 0 Å². The largest absolute Gasteiger partial charge is 0.353 e. The molecular weight excluding hydrogens is 316 g/mol. The van der Waals surface area contributed by atoms with Crippen molar-refractivity contribution in [2.75, 3.05) is 28.3 Å². The van der Waals surface area contributed by atoms with Gasteiger partial charge >= 0.3 is 6.03 Å². The quantitative estimate of drug-likeness (QED) is 0.850. The highest BCUT2D eigenvalue weighted by Crippen LogP contribution is 2.23. The Balaban J connectivity index is 2.04. The highest BCUT2D eigenvalue weighted by Gasteiger charge is 2.32. The maximum Gasteiger partial charge on any atom is 0.319 e. The molecule has 8 heteroatoms. The molecule has 2 amide bonds. The van der Waals surface area contributed by atoms with E-state index in [2.05, 4.69) is 15.6 Å². The first kappa shape index (κ1) is 17.5. The van der Waals surface area contributed by atoms with Crippen LogP contribution in [0.2, 0.25) is 0 Å². The maximum absolute atomic E-state index is 11.7. The van der Waals surface area contributed by atoms with Crippen LogP contribution in [0.25, 0.3) is 0 Å². The smallest absolute Gasteiger partial charge is 0.319 e. The summed E-state index contributed by atoms with van der Waals surface area (Å²) in [6, 6.07) is 3.33. The third-order valence-corrected chi connectivity index (χ3v) is 5.46. The van der Waals surface area contributed by atoms with Crippen molar-refractivity contribution >= 4 is 27.4 Å². The summed E-state index contributed by atoms with van der Waals surface area (Å²) in [7, 11) is -2.93. The van der Waals surface area contributed by atoms with E-state index < -0.39 is 9.84 Å². The lowest BCUT2D eigenvalue weighted by Gasteiger charge is -2.28. The fourth-order valence-electron chi connectivity index (χ4n) is 2.69. The topological polar surface area (TPSA) is 91.4 Å². The number of amides is 2. The predicted molar refractivity (Wildman–Crippen MR) is 91.6 cm³/mol. The lowest BCUT2D eigenvalue weighted by molar-refractivity contribution is 0.250. The van der Waals surface area contributed by atoms with E-state index in [0.29, 0.717) is 18.7 Å². The third kappa shape index (κ3) is 4.82. The molecule has 23 heavy (non-hydrogen) atoms. The van der Waals surface area contributed by atoms with Crippen molar-refractivity contribution in [2.24, 2.45) is 0 Å². The Bertz CT molecular complexity index is 643. The van der Waals surface area contributed by atoms with Crippen molar-refractivity contribution < 1.29 is 13.2 Å². The van der Waals surface area contributed by atoms with Gasteiger partial charge < -0.3 is 15.5 Å². The van der Waals surface area contributed by atoms with Crippen LogP contribution in [0.4, 0.5) is 16.3 Å². The lowest BCUT2D eigenvalue weighted by Crippen LogP contribution is -2.36. The zero-order valence-electron chi connectivity index (χ0n) is 13.7. The van der Waals surface area contributed by atoms with Crippen LogP contribution < -0.4 is 15.5 Å². The standard InChI is InChI=1S/C15H24N4O3S/c1-4-19(13-7-8-23(21,22)10-13)14-6-5-12(9-16-14)18-15(20)17-11(2)3/h5-6,9,11,13H,4,7-8,10H2,1-3H3,(H2,17,18,20). The number of sulfone groups is 1. The van der Waals surface area contributed by atoms with E-state index in [4.69, 9.17) is 0 Å². The summed E-state index contributed by atoms with van der Waals surface area (Å²) < 4.78 is 23.3. The first-order chi connectivity index (χ1) is 10.8. The van der Waals surface area contributed by atoms with E-state index >= 15 is 0 Å².